The predicted octanol–water partition coefficient (Wildman–Crippen LogP) is 1.50. The third-order valence-corrected chi connectivity index (χ3v) is 1.53. The molecule has 1 rings (SSSR count). The van der Waals surface area contributed by atoms with Crippen LogP contribution < -0.4 is 5.32 Å². The normalized spacial score (nSPS) is 9.23. The van der Waals surface area contributed by atoms with Crippen LogP contribution in [-0.2, 0) is 0 Å². The van der Waals surface area contributed by atoms with Crippen LogP contribution in [0.15, 0.2) is 12.4 Å². The van der Waals surface area contributed by atoms with E-state index in [1.54, 1.807) is 12.4 Å². The molecule has 13 heavy (non-hydrogen) atoms. The largest absolute Gasteiger partial charge is 0.354 e. The molecule has 1 heterocycles. The van der Waals surface area contributed by atoms with Gasteiger partial charge in [0, 0.05) is 25.4 Å². The third kappa shape index (κ3) is 3.52. The molecule has 1 aromatic rings. The molecule has 4 heteroatoms. The second-order valence-corrected chi connectivity index (χ2v) is 2.77. The van der Waals surface area contributed by atoms with E-state index in [1.807, 2.05) is 6.92 Å². The van der Waals surface area contributed by atoms with E-state index < -0.39 is 0 Å². The molecule has 0 spiro atoms. The summed E-state index contributed by atoms with van der Waals surface area (Å²) in [5.74, 6) is 0.628. The first-order chi connectivity index (χ1) is 6.33. The molecule has 0 unspecified atom stereocenters. The van der Waals surface area contributed by atoms with E-state index in [0.717, 1.165) is 18.5 Å². The van der Waals surface area contributed by atoms with E-state index in [4.69, 9.17) is 5.26 Å². The second kappa shape index (κ2) is 5.09. The number of nitrogens with zero attached hydrogens (tertiary/aromatic N) is 3. The number of hydrogen-bond donors (Lipinski definition) is 1. The molecule has 1 aromatic heterocycles. The number of anilines is 1. The highest BCUT2D eigenvalue weighted by molar-refractivity contribution is 5.23. The zero-order valence-electron chi connectivity index (χ0n) is 7.62. The van der Waals surface area contributed by atoms with Gasteiger partial charge in [-0.15, -0.1) is 0 Å². The summed E-state index contributed by atoms with van der Waals surface area (Å²) in [6.07, 6.45) is 4.92. The van der Waals surface area contributed by atoms with Gasteiger partial charge in [-0.1, -0.05) is 0 Å². The molecule has 0 aromatic carbocycles. The van der Waals surface area contributed by atoms with Crippen molar-refractivity contribution >= 4 is 5.95 Å². The number of aryl methyl sites for hydroxylation is 1. The van der Waals surface area contributed by atoms with E-state index >= 15 is 0 Å². The Balaban J connectivity index is 2.30. The first kappa shape index (κ1) is 9.46. The van der Waals surface area contributed by atoms with Crippen molar-refractivity contribution in [1.29, 1.82) is 5.26 Å². The number of rotatable bonds is 4. The molecule has 0 bridgehead atoms. The summed E-state index contributed by atoms with van der Waals surface area (Å²) >= 11 is 0. The van der Waals surface area contributed by atoms with Crippen molar-refractivity contribution < 1.29 is 0 Å². The van der Waals surface area contributed by atoms with E-state index in [-0.39, 0.29) is 0 Å². The number of hydrogen-bond acceptors (Lipinski definition) is 4. The molecule has 0 aliphatic heterocycles. The maximum Gasteiger partial charge on any atom is 0.222 e. The first-order valence-electron chi connectivity index (χ1n) is 4.22. The summed E-state index contributed by atoms with van der Waals surface area (Å²) in [6.45, 7) is 2.69. The van der Waals surface area contributed by atoms with Crippen molar-refractivity contribution in [2.45, 2.75) is 19.8 Å². The molecule has 0 aliphatic rings. The van der Waals surface area contributed by atoms with Gasteiger partial charge in [0.05, 0.1) is 6.07 Å². The summed E-state index contributed by atoms with van der Waals surface area (Å²) in [6, 6.07) is 2.08. The van der Waals surface area contributed by atoms with Gasteiger partial charge in [-0.2, -0.15) is 5.26 Å². The van der Waals surface area contributed by atoms with Gasteiger partial charge in [-0.25, -0.2) is 9.97 Å². The SMILES string of the molecule is Cc1cnc(NCCCC#N)nc1. The van der Waals surface area contributed by atoms with Crippen molar-refractivity contribution in [3.63, 3.8) is 0 Å². The lowest BCUT2D eigenvalue weighted by molar-refractivity contribution is 0.883. The number of unbranched alkanes of at least 4 members (excludes halogenated alkanes) is 1. The summed E-state index contributed by atoms with van der Waals surface area (Å²) in [5.41, 5.74) is 1.04. The van der Waals surface area contributed by atoms with Gasteiger partial charge in [-0.05, 0) is 18.9 Å². The topological polar surface area (TPSA) is 61.6 Å². The lowest BCUT2D eigenvalue weighted by atomic mass is 10.3. The first-order valence-corrected chi connectivity index (χ1v) is 4.22. The second-order valence-electron chi connectivity index (χ2n) is 2.77. The highest BCUT2D eigenvalue weighted by Gasteiger charge is 1.93. The van der Waals surface area contributed by atoms with Crippen molar-refractivity contribution in [2.24, 2.45) is 0 Å². The lowest BCUT2D eigenvalue weighted by Gasteiger charge is -2.01. The minimum atomic E-state index is 0.568. The van der Waals surface area contributed by atoms with Crippen LogP contribution in [0.3, 0.4) is 0 Å². The van der Waals surface area contributed by atoms with Gasteiger partial charge in [0.1, 0.15) is 0 Å². The summed E-state index contributed by atoms with van der Waals surface area (Å²) in [5, 5.41) is 11.3. The maximum atomic E-state index is 8.29. The molecule has 0 atom stereocenters. The van der Waals surface area contributed by atoms with Crippen molar-refractivity contribution in [3.05, 3.63) is 18.0 Å². The monoisotopic (exact) mass is 176 g/mol. The van der Waals surface area contributed by atoms with Gasteiger partial charge >= 0.3 is 0 Å². The molecular formula is C9H12N4. The van der Waals surface area contributed by atoms with Crippen LogP contribution in [0.5, 0.6) is 0 Å². The minimum Gasteiger partial charge on any atom is -0.354 e. The quantitative estimate of drug-likeness (QED) is 0.706. The van der Waals surface area contributed by atoms with Crippen LogP contribution in [0.1, 0.15) is 18.4 Å². The Kier molecular flexibility index (Phi) is 3.71. The number of nitriles is 1. The highest BCUT2D eigenvalue weighted by atomic mass is 15.1. The highest BCUT2D eigenvalue weighted by Crippen LogP contribution is 1.98. The van der Waals surface area contributed by atoms with Gasteiger partial charge in [0.2, 0.25) is 5.95 Å². The zero-order chi connectivity index (χ0) is 9.52. The minimum absolute atomic E-state index is 0.568. The molecule has 0 radical (unpaired) electrons. The molecule has 0 fully saturated rings. The Labute approximate surface area is 77.6 Å². The molecular weight excluding hydrogens is 164 g/mol. The molecule has 0 saturated carbocycles. The average molecular weight is 176 g/mol. The molecule has 68 valence electrons. The fraction of sp³-hybridized carbons (Fsp3) is 0.444. The Morgan fingerprint density at radius 1 is 1.46 bits per heavy atom. The third-order valence-electron chi connectivity index (χ3n) is 1.53. The Morgan fingerprint density at radius 2 is 2.15 bits per heavy atom. The van der Waals surface area contributed by atoms with Crippen LogP contribution in [0.4, 0.5) is 5.95 Å². The Bertz CT molecular complexity index is 285. The fourth-order valence-electron chi connectivity index (χ4n) is 0.852. The molecule has 1 N–H and O–H groups in total. The van der Waals surface area contributed by atoms with Gasteiger partial charge in [-0.3, -0.25) is 0 Å². The van der Waals surface area contributed by atoms with E-state index in [1.165, 1.54) is 0 Å². The summed E-state index contributed by atoms with van der Waals surface area (Å²) in [7, 11) is 0. The van der Waals surface area contributed by atoms with Gasteiger partial charge in [0.25, 0.3) is 0 Å². The van der Waals surface area contributed by atoms with Gasteiger partial charge < -0.3 is 5.32 Å². The van der Waals surface area contributed by atoms with Crippen LogP contribution in [0.25, 0.3) is 0 Å². The number of nitrogens with one attached hydrogen (secondary N) is 1. The van der Waals surface area contributed by atoms with E-state index in [0.29, 0.717) is 12.4 Å². The van der Waals surface area contributed by atoms with E-state index in [2.05, 4.69) is 21.4 Å². The Hall–Kier alpha value is -1.63. The van der Waals surface area contributed by atoms with Crippen LogP contribution in [0, 0.1) is 18.3 Å². The molecule has 0 amide bonds. The maximum absolute atomic E-state index is 8.29. The van der Waals surface area contributed by atoms with E-state index in [9.17, 15) is 0 Å². The van der Waals surface area contributed by atoms with Crippen molar-refractivity contribution in [3.8, 4) is 6.07 Å². The van der Waals surface area contributed by atoms with Crippen molar-refractivity contribution in [1.82, 2.24) is 9.97 Å². The standard InChI is InChI=1S/C9H12N4/c1-8-6-12-9(13-7-8)11-5-3-2-4-10/h6-7H,2-3,5H2,1H3,(H,11,12,13). The molecule has 4 nitrogen and oxygen atoms in total. The van der Waals surface area contributed by atoms with Crippen LogP contribution >= 0.6 is 0 Å². The summed E-state index contributed by atoms with van der Waals surface area (Å²) in [4.78, 5) is 8.14. The van der Waals surface area contributed by atoms with Crippen molar-refractivity contribution in [2.75, 3.05) is 11.9 Å². The summed E-state index contributed by atoms with van der Waals surface area (Å²) < 4.78 is 0. The average Bonchev–Trinajstić information content (AvgIpc) is 2.15. The van der Waals surface area contributed by atoms with Gasteiger partial charge in [0.15, 0.2) is 0 Å². The molecule has 0 aliphatic carbocycles. The zero-order valence-corrected chi connectivity index (χ0v) is 7.62. The molecule has 0 saturated heterocycles. The Morgan fingerprint density at radius 3 is 2.77 bits per heavy atom. The fourth-order valence-corrected chi connectivity index (χ4v) is 0.852. The predicted molar refractivity (Wildman–Crippen MR) is 50.1 cm³/mol. The smallest absolute Gasteiger partial charge is 0.222 e. The van der Waals surface area contributed by atoms with Crippen LogP contribution in [0.2, 0.25) is 0 Å². The van der Waals surface area contributed by atoms with Crippen LogP contribution in [-0.4, -0.2) is 16.5 Å². The lowest BCUT2D eigenvalue weighted by Crippen LogP contribution is -2.04. The number of aromatic nitrogens is 2.